The minimum absolute atomic E-state index is 0.278. The van der Waals surface area contributed by atoms with E-state index < -0.39 is 0 Å². The van der Waals surface area contributed by atoms with Gasteiger partial charge in [-0.25, -0.2) is 0 Å². The second kappa shape index (κ2) is 7.07. The van der Waals surface area contributed by atoms with Gasteiger partial charge >= 0.3 is 0 Å². The number of aliphatic hydroxyl groups is 1. The molecule has 28 heavy (non-hydrogen) atoms. The highest BCUT2D eigenvalue weighted by Gasteiger charge is 2.40. The quantitative estimate of drug-likeness (QED) is 0.857. The van der Waals surface area contributed by atoms with Gasteiger partial charge < -0.3 is 19.9 Å². The first-order valence-corrected chi connectivity index (χ1v) is 10.3. The molecular formula is C23H28N2O3. The topological polar surface area (TPSA) is 54.0 Å². The van der Waals surface area contributed by atoms with Crippen molar-refractivity contribution >= 4 is 0 Å². The number of hydrogen-bond acceptors (Lipinski definition) is 5. The number of fused-ring (bicyclic) bond motifs is 4. The summed E-state index contributed by atoms with van der Waals surface area (Å²) in [6.07, 6.45) is 1.81. The van der Waals surface area contributed by atoms with E-state index in [1.165, 1.54) is 16.7 Å². The molecule has 2 N–H and O–H groups in total. The molecule has 0 spiro atoms. The molecule has 4 atom stereocenters. The molecule has 0 aliphatic carbocycles. The maximum atomic E-state index is 10.2. The highest BCUT2D eigenvalue weighted by atomic mass is 16.7. The van der Waals surface area contributed by atoms with E-state index in [-0.39, 0.29) is 12.0 Å². The highest BCUT2D eigenvalue weighted by Crippen LogP contribution is 2.42. The lowest BCUT2D eigenvalue weighted by Gasteiger charge is -2.48. The first-order chi connectivity index (χ1) is 13.6. The van der Waals surface area contributed by atoms with Crippen LogP contribution in [0.15, 0.2) is 36.4 Å². The van der Waals surface area contributed by atoms with E-state index in [0.29, 0.717) is 18.9 Å². The summed E-state index contributed by atoms with van der Waals surface area (Å²) in [7, 11) is 2.02. The van der Waals surface area contributed by atoms with Crippen molar-refractivity contribution < 1.29 is 14.6 Å². The summed E-state index contributed by atoms with van der Waals surface area (Å²) in [6.45, 7) is 4.24. The van der Waals surface area contributed by atoms with Gasteiger partial charge in [-0.3, -0.25) is 4.90 Å². The molecule has 0 bridgehead atoms. The largest absolute Gasteiger partial charge is 0.454 e. The molecule has 1 saturated heterocycles. The van der Waals surface area contributed by atoms with E-state index in [1.54, 1.807) is 0 Å². The summed E-state index contributed by atoms with van der Waals surface area (Å²) in [5.41, 5.74) is 5.27. The molecule has 2 aromatic carbocycles. The van der Waals surface area contributed by atoms with E-state index in [4.69, 9.17) is 9.47 Å². The molecule has 0 unspecified atom stereocenters. The Morgan fingerprint density at radius 2 is 1.89 bits per heavy atom. The fraction of sp³-hybridized carbons (Fsp3) is 0.478. The first-order valence-electron chi connectivity index (χ1n) is 10.3. The zero-order valence-corrected chi connectivity index (χ0v) is 16.5. The molecule has 0 radical (unpaired) electrons. The normalized spacial score (nSPS) is 27.2. The number of benzene rings is 2. The maximum absolute atomic E-state index is 10.2. The number of nitrogens with one attached hydrogen (secondary N) is 1. The molecular weight excluding hydrogens is 352 g/mol. The van der Waals surface area contributed by atoms with Crippen LogP contribution in [-0.2, 0) is 6.42 Å². The minimum atomic E-state index is -0.292. The second-order valence-electron chi connectivity index (χ2n) is 8.28. The van der Waals surface area contributed by atoms with Crippen molar-refractivity contribution in [1.82, 2.24) is 10.2 Å². The predicted octanol–water partition coefficient (Wildman–Crippen LogP) is 2.97. The molecule has 0 saturated carbocycles. The van der Waals surface area contributed by atoms with Crippen LogP contribution in [0.3, 0.4) is 0 Å². The van der Waals surface area contributed by atoms with Crippen molar-refractivity contribution in [2.75, 3.05) is 26.9 Å². The molecule has 148 valence electrons. The van der Waals surface area contributed by atoms with Gasteiger partial charge in [0, 0.05) is 31.1 Å². The van der Waals surface area contributed by atoms with Gasteiger partial charge in [0.1, 0.15) is 0 Å². The number of hydrogen-bond donors (Lipinski definition) is 2. The van der Waals surface area contributed by atoms with Gasteiger partial charge in [0.05, 0.1) is 6.10 Å². The van der Waals surface area contributed by atoms with E-state index >= 15 is 0 Å². The SMILES string of the molecule is CN[C@H]1C[C@H]2c3cc(-c4ccc5c(c4)OCO5)ccc3CCN2C[C@H]1[C@H](C)O. The van der Waals surface area contributed by atoms with Crippen molar-refractivity contribution in [2.45, 2.75) is 38.0 Å². The Bertz CT molecular complexity index is 882. The Hall–Kier alpha value is -2.08. The number of rotatable bonds is 3. The number of piperidine rings is 1. The summed E-state index contributed by atoms with van der Waals surface area (Å²) in [5.74, 6) is 1.92. The Balaban J connectivity index is 1.48. The number of ether oxygens (including phenoxy) is 2. The molecule has 3 aliphatic heterocycles. The molecule has 1 fully saturated rings. The third kappa shape index (κ3) is 2.98. The zero-order chi connectivity index (χ0) is 19.3. The van der Waals surface area contributed by atoms with Gasteiger partial charge in [-0.1, -0.05) is 18.2 Å². The molecule has 5 heteroatoms. The van der Waals surface area contributed by atoms with E-state index in [9.17, 15) is 5.11 Å². The Labute approximate surface area is 166 Å². The van der Waals surface area contributed by atoms with Crippen LogP contribution in [0.4, 0.5) is 0 Å². The molecule has 5 rings (SSSR count). The van der Waals surface area contributed by atoms with Gasteiger partial charge in [0.25, 0.3) is 0 Å². The van der Waals surface area contributed by atoms with E-state index in [1.807, 2.05) is 20.0 Å². The Morgan fingerprint density at radius 3 is 2.71 bits per heavy atom. The van der Waals surface area contributed by atoms with Crippen LogP contribution >= 0.6 is 0 Å². The van der Waals surface area contributed by atoms with E-state index in [2.05, 4.69) is 40.5 Å². The molecule has 0 aromatic heterocycles. The molecule has 2 aromatic rings. The summed E-state index contributed by atoms with van der Waals surface area (Å²) in [4.78, 5) is 2.57. The van der Waals surface area contributed by atoms with Crippen molar-refractivity contribution in [3.63, 3.8) is 0 Å². The third-order valence-electron chi connectivity index (χ3n) is 6.75. The monoisotopic (exact) mass is 380 g/mol. The molecule has 3 heterocycles. The lowest BCUT2D eigenvalue weighted by molar-refractivity contribution is 0.00853. The lowest BCUT2D eigenvalue weighted by atomic mass is 9.78. The summed E-state index contributed by atoms with van der Waals surface area (Å²) >= 11 is 0. The number of aliphatic hydroxyl groups excluding tert-OH is 1. The van der Waals surface area contributed by atoms with Crippen LogP contribution in [0, 0.1) is 5.92 Å². The average Bonchev–Trinajstić information content (AvgIpc) is 3.20. The van der Waals surface area contributed by atoms with Crippen LogP contribution in [-0.4, -0.2) is 49.1 Å². The summed E-state index contributed by atoms with van der Waals surface area (Å²) in [5, 5.41) is 13.7. The van der Waals surface area contributed by atoms with Crippen LogP contribution in [0.25, 0.3) is 11.1 Å². The van der Waals surface area contributed by atoms with Gasteiger partial charge in [-0.2, -0.15) is 0 Å². The fourth-order valence-electron chi connectivity index (χ4n) is 5.13. The Morgan fingerprint density at radius 1 is 1.11 bits per heavy atom. The van der Waals surface area contributed by atoms with Crippen LogP contribution < -0.4 is 14.8 Å². The predicted molar refractivity (Wildman–Crippen MR) is 109 cm³/mol. The fourth-order valence-corrected chi connectivity index (χ4v) is 5.13. The highest BCUT2D eigenvalue weighted by molar-refractivity contribution is 5.69. The molecule has 5 nitrogen and oxygen atoms in total. The van der Waals surface area contributed by atoms with Gasteiger partial charge in [-0.15, -0.1) is 0 Å². The first kappa shape index (κ1) is 18.0. The minimum Gasteiger partial charge on any atom is -0.454 e. The van der Waals surface area contributed by atoms with Crippen LogP contribution in [0.5, 0.6) is 11.5 Å². The summed E-state index contributed by atoms with van der Waals surface area (Å²) in [6, 6.07) is 13.8. The second-order valence-corrected chi connectivity index (χ2v) is 8.28. The van der Waals surface area contributed by atoms with E-state index in [0.717, 1.165) is 43.0 Å². The third-order valence-corrected chi connectivity index (χ3v) is 6.75. The van der Waals surface area contributed by atoms with Gasteiger partial charge in [-0.05, 0) is 67.3 Å². The number of nitrogens with zero attached hydrogens (tertiary/aromatic N) is 1. The van der Waals surface area contributed by atoms with Gasteiger partial charge in [0.2, 0.25) is 6.79 Å². The van der Waals surface area contributed by atoms with Crippen molar-refractivity contribution in [3.8, 4) is 22.6 Å². The summed E-state index contributed by atoms with van der Waals surface area (Å²) < 4.78 is 11.0. The van der Waals surface area contributed by atoms with Gasteiger partial charge in [0.15, 0.2) is 11.5 Å². The van der Waals surface area contributed by atoms with Crippen molar-refractivity contribution in [1.29, 1.82) is 0 Å². The smallest absolute Gasteiger partial charge is 0.231 e. The average molecular weight is 380 g/mol. The lowest BCUT2D eigenvalue weighted by Crippen LogP contribution is -2.54. The standard InChI is InChI=1S/C23H28N2O3/c1-14(26)19-12-25-8-7-15-3-4-16(9-18(15)21(25)11-20(19)24-2)17-5-6-22-23(10-17)28-13-27-22/h3-6,9-10,14,19-21,24,26H,7-8,11-13H2,1-2H3/t14-,19-,20-,21-/m0/s1. The van der Waals surface area contributed by atoms with Crippen molar-refractivity contribution in [2.24, 2.45) is 5.92 Å². The maximum Gasteiger partial charge on any atom is 0.231 e. The molecule has 3 aliphatic rings. The van der Waals surface area contributed by atoms with Crippen LogP contribution in [0.2, 0.25) is 0 Å². The Kier molecular flexibility index (Phi) is 4.54. The van der Waals surface area contributed by atoms with Crippen molar-refractivity contribution in [3.05, 3.63) is 47.5 Å². The zero-order valence-electron chi connectivity index (χ0n) is 16.5. The molecule has 0 amide bonds. The van der Waals surface area contributed by atoms with Crippen LogP contribution in [0.1, 0.15) is 30.5 Å².